The topological polar surface area (TPSA) is 47.7 Å². The Balaban J connectivity index is 2.46. The van der Waals surface area contributed by atoms with Crippen LogP contribution in [0.4, 0.5) is 0 Å². The molecule has 2 aromatic heterocycles. The maximum atomic E-state index is 4.54. The second-order valence-corrected chi connectivity index (χ2v) is 5.71. The lowest BCUT2D eigenvalue weighted by Crippen LogP contribution is -2.24. The van der Waals surface area contributed by atoms with Gasteiger partial charge in [0.1, 0.15) is 0 Å². The van der Waals surface area contributed by atoms with Crippen LogP contribution in [0.3, 0.4) is 0 Å². The Bertz CT molecular complexity index is 572. The predicted molar refractivity (Wildman–Crippen MR) is 83.7 cm³/mol. The minimum Gasteiger partial charge on any atom is -0.307 e. The van der Waals surface area contributed by atoms with Crippen molar-refractivity contribution in [1.29, 1.82) is 0 Å². The van der Waals surface area contributed by atoms with Gasteiger partial charge in [0, 0.05) is 13.6 Å². The number of aryl methyl sites for hydroxylation is 3. The minimum absolute atomic E-state index is 0.0798. The minimum atomic E-state index is 0.0798. The zero-order valence-corrected chi connectivity index (χ0v) is 14.1. The van der Waals surface area contributed by atoms with E-state index in [4.69, 9.17) is 0 Å². The van der Waals surface area contributed by atoms with E-state index in [9.17, 15) is 0 Å². The third kappa shape index (κ3) is 2.81. The molecule has 0 aliphatic heterocycles. The quantitative estimate of drug-likeness (QED) is 0.880. The van der Waals surface area contributed by atoms with Crippen molar-refractivity contribution in [3.05, 3.63) is 33.8 Å². The highest BCUT2D eigenvalue weighted by Gasteiger charge is 2.23. The van der Waals surface area contributed by atoms with Gasteiger partial charge in [0.2, 0.25) is 0 Å². The zero-order chi connectivity index (χ0) is 14.7. The van der Waals surface area contributed by atoms with Gasteiger partial charge in [0.25, 0.3) is 0 Å². The largest absolute Gasteiger partial charge is 0.307 e. The van der Waals surface area contributed by atoms with Crippen molar-refractivity contribution in [2.24, 2.45) is 7.05 Å². The highest BCUT2D eigenvalue weighted by Crippen LogP contribution is 2.28. The number of nitrogens with one attached hydrogen (secondary N) is 1. The molecule has 110 valence electrons. The fourth-order valence-corrected chi connectivity index (χ4v) is 2.99. The van der Waals surface area contributed by atoms with E-state index in [1.807, 2.05) is 25.0 Å². The molecule has 2 aromatic rings. The summed E-state index contributed by atoms with van der Waals surface area (Å²) in [6.07, 6.45) is 3.87. The van der Waals surface area contributed by atoms with Gasteiger partial charge in [-0.25, -0.2) is 0 Å². The molecule has 0 amide bonds. The van der Waals surface area contributed by atoms with Crippen molar-refractivity contribution >= 4 is 15.9 Å². The summed E-state index contributed by atoms with van der Waals surface area (Å²) in [5.41, 5.74) is 3.42. The summed E-state index contributed by atoms with van der Waals surface area (Å²) in [5, 5.41) is 12.4. The van der Waals surface area contributed by atoms with Gasteiger partial charge in [-0.3, -0.25) is 9.36 Å². The Morgan fingerprint density at radius 3 is 2.70 bits per heavy atom. The lowest BCUT2D eigenvalue weighted by atomic mass is 10.1. The van der Waals surface area contributed by atoms with Crippen molar-refractivity contribution in [3.63, 3.8) is 0 Å². The first-order valence-corrected chi connectivity index (χ1v) is 7.82. The van der Waals surface area contributed by atoms with Gasteiger partial charge in [-0.1, -0.05) is 13.8 Å². The second-order valence-electron chi connectivity index (χ2n) is 4.86. The Hall–Kier alpha value is -1.14. The number of rotatable bonds is 6. The van der Waals surface area contributed by atoms with E-state index in [2.05, 4.69) is 56.0 Å². The molecule has 0 bridgehead atoms. The smallest absolute Gasteiger partial charge is 0.0927 e. The van der Waals surface area contributed by atoms with Crippen molar-refractivity contribution in [2.75, 3.05) is 7.05 Å². The maximum Gasteiger partial charge on any atom is 0.0927 e. The summed E-state index contributed by atoms with van der Waals surface area (Å²) in [7, 11) is 3.96. The third-order valence-electron chi connectivity index (χ3n) is 3.46. The number of hydrogen-bond acceptors (Lipinski definition) is 3. The molecule has 0 aliphatic rings. The van der Waals surface area contributed by atoms with Crippen LogP contribution in [0, 0.1) is 0 Å². The Morgan fingerprint density at radius 2 is 2.15 bits per heavy atom. The van der Waals surface area contributed by atoms with Gasteiger partial charge in [0.05, 0.1) is 33.8 Å². The molecular weight excluding hydrogens is 318 g/mol. The number of hydrogen-bond donors (Lipinski definition) is 1. The first-order chi connectivity index (χ1) is 9.62. The van der Waals surface area contributed by atoms with Crippen LogP contribution in [0.2, 0.25) is 0 Å². The SMILES string of the molecule is CCCn1ncc(Br)c1C(NC)c1cc(CC)nn1C. The summed E-state index contributed by atoms with van der Waals surface area (Å²) in [6, 6.07) is 2.24. The molecule has 0 aromatic carbocycles. The molecule has 0 aliphatic carbocycles. The van der Waals surface area contributed by atoms with E-state index >= 15 is 0 Å². The van der Waals surface area contributed by atoms with E-state index in [1.54, 1.807) is 0 Å². The van der Waals surface area contributed by atoms with Crippen LogP contribution in [-0.2, 0) is 20.0 Å². The first kappa shape index (κ1) is 15.3. The normalized spacial score (nSPS) is 12.8. The van der Waals surface area contributed by atoms with Crippen LogP contribution in [0.15, 0.2) is 16.7 Å². The zero-order valence-electron chi connectivity index (χ0n) is 12.5. The molecule has 0 fully saturated rings. The van der Waals surface area contributed by atoms with Crippen molar-refractivity contribution < 1.29 is 0 Å². The van der Waals surface area contributed by atoms with Crippen LogP contribution >= 0.6 is 15.9 Å². The predicted octanol–water partition coefficient (Wildman–Crippen LogP) is 2.66. The average molecular weight is 340 g/mol. The standard InChI is InChI=1S/C14H22BrN5/c1-5-7-20-14(11(15)9-17-20)13(16-3)12-8-10(6-2)18-19(12)4/h8-9,13,16H,5-7H2,1-4H3. The van der Waals surface area contributed by atoms with Gasteiger partial charge >= 0.3 is 0 Å². The monoisotopic (exact) mass is 339 g/mol. The summed E-state index contributed by atoms with van der Waals surface area (Å²) in [6.45, 7) is 5.20. The fraction of sp³-hybridized carbons (Fsp3) is 0.571. The summed E-state index contributed by atoms with van der Waals surface area (Å²) < 4.78 is 5.05. The lowest BCUT2D eigenvalue weighted by molar-refractivity contribution is 0.514. The highest BCUT2D eigenvalue weighted by molar-refractivity contribution is 9.10. The molecule has 20 heavy (non-hydrogen) atoms. The Morgan fingerprint density at radius 1 is 1.40 bits per heavy atom. The van der Waals surface area contributed by atoms with Crippen molar-refractivity contribution in [3.8, 4) is 0 Å². The van der Waals surface area contributed by atoms with E-state index in [0.717, 1.165) is 40.9 Å². The molecule has 0 spiro atoms. The van der Waals surface area contributed by atoms with Crippen molar-refractivity contribution in [1.82, 2.24) is 24.9 Å². The molecule has 2 rings (SSSR count). The molecule has 0 saturated carbocycles. The van der Waals surface area contributed by atoms with Gasteiger partial charge < -0.3 is 5.32 Å². The van der Waals surface area contributed by atoms with E-state index < -0.39 is 0 Å². The van der Waals surface area contributed by atoms with Gasteiger partial charge in [-0.2, -0.15) is 10.2 Å². The number of nitrogens with zero attached hydrogens (tertiary/aromatic N) is 4. The molecule has 1 N–H and O–H groups in total. The van der Waals surface area contributed by atoms with Crippen LogP contribution in [0.1, 0.15) is 43.4 Å². The van der Waals surface area contributed by atoms with Crippen LogP contribution < -0.4 is 5.32 Å². The molecule has 2 heterocycles. The van der Waals surface area contributed by atoms with Crippen molar-refractivity contribution in [2.45, 2.75) is 39.3 Å². The second kappa shape index (κ2) is 6.54. The molecule has 5 nitrogen and oxygen atoms in total. The molecule has 1 unspecified atom stereocenters. The van der Waals surface area contributed by atoms with Crippen LogP contribution in [0.5, 0.6) is 0 Å². The molecule has 6 heteroatoms. The first-order valence-electron chi connectivity index (χ1n) is 7.03. The lowest BCUT2D eigenvalue weighted by Gasteiger charge is -2.19. The van der Waals surface area contributed by atoms with Crippen LogP contribution in [0.25, 0.3) is 0 Å². The van der Waals surface area contributed by atoms with E-state index in [-0.39, 0.29) is 6.04 Å². The number of aromatic nitrogens is 4. The summed E-state index contributed by atoms with van der Waals surface area (Å²) >= 11 is 3.62. The third-order valence-corrected chi connectivity index (χ3v) is 4.07. The van der Waals surface area contributed by atoms with E-state index in [0.29, 0.717) is 0 Å². The molecule has 1 atom stereocenters. The Labute approximate surface area is 128 Å². The highest BCUT2D eigenvalue weighted by atomic mass is 79.9. The Kier molecular flexibility index (Phi) is 4.99. The average Bonchev–Trinajstić information content (AvgIpc) is 2.98. The number of halogens is 1. The fourth-order valence-electron chi connectivity index (χ4n) is 2.46. The molecule has 0 saturated heterocycles. The maximum absolute atomic E-state index is 4.54. The van der Waals surface area contributed by atoms with Gasteiger partial charge in [-0.05, 0) is 41.9 Å². The van der Waals surface area contributed by atoms with Gasteiger partial charge in [0.15, 0.2) is 0 Å². The van der Waals surface area contributed by atoms with E-state index in [1.165, 1.54) is 0 Å². The summed E-state index contributed by atoms with van der Waals surface area (Å²) in [5.74, 6) is 0. The molecule has 0 radical (unpaired) electrons. The summed E-state index contributed by atoms with van der Waals surface area (Å²) in [4.78, 5) is 0. The molecular formula is C14H22BrN5. The van der Waals surface area contributed by atoms with Crippen LogP contribution in [-0.4, -0.2) is 26.6 Å². The van der Waals surface area contributed by atoms with Gasteiger partial charge in [-0.15, -0.1) is 0 Å².